The van der Waals surface area contributed by atoms with Crippen LogP contribution >= 0.6 is 0 Å². The molecule has 0 atom stereocenters. The summed E-state index contributed by atoms with van der Waals surface area (Å²) < 4.78 is 12.3. The van der Waals surface area contributed by atoms with Crippen molar-refractivity contribution in [2.45, 2.75) is 38.3 Å². The molecule has 9 nitrogen and oxygen atoms in total. The van der Waals surface area contributed by atoms with Crippen LogP contribution in [-0.2, 0) is 6.54 Å². The summed E-state index contributed by atoms with van der Waals surface area (Å²) in [6.45, 7) is 0.184. The number of nitrogens with zero attached hydrogens (tertiary/aromatic N) is 3. The molecule has 0 unspecified atom stereocenters. The first-order valence-corrected chi connectivity index (χ1v) is 11.7. The van der Waals surface area contributed by atoms with E-state index in [4.69, 9.17) is 9.47 Å². The van der Waals surface area contributed by atoms with Gasteiger partial charge in [-0.1, -0.05) is 31.0 Å². The minimum absolute atomic E-state index is 0.0759. The van der Waals surface area contributed by atoms with E-state index in [0.717, 1.165) is 31.1 Å². The van der Waals surface area contributed by atoms with Crippen LogP contribution in [0.3, 0.4) is 0 Å². The standard InChI is InChI=1S/C26H27N5O4/c1-34-17-11-12-24(35-2)20(13-17)21-14-22(29-28-21)25(32)27-15-23-18-9-5-6-10-19(18)26(33)31(30-23)16-7-3-4-8-16/h5-6,9-14,16H,3-4,7-8,15H2,1-2H3,(H,27,32)(H,28,29). The minimum atomic E-state index is -0.324. The van der Waals surface area contributed by atoms with Crippen molar-refractivity contribution in [3.05, 3.63) is 70.3 Å². The molecular weight excluding hydrogens is 446 g/mol. The van der Waals surface area contributed by atoms with Crippen LogP contribution in [0.15, 0.2) is 53.3 Å². The summed E-state index contributed by atoms with van der Waals surface area (Å²) in [6, 6.07) is 14.6. The molecule has 180 valence electrons. The van der Waals surface area contributed by atoms with E-state index in [9.17, 15) is 9.59 Å². The molecule has 0 spiro atoms. The number of H-pyrrole nitrogens is 1. The zero-order chi connectivity index (χ0) is 24.4. The number of nitrogens with one attached hydrogen (secondary N) is 2. The maximum atomic E-state index is 13.0. The molecule has 1 amide bonds. The molecular formula is C26H27N5O4. The van der Waals surface area contributed by atoms with Gasteiger partial charge in [0.1, 0.15) is 17.2 Å². The molecule has 1 aliphatic carbocycles. The maximum absolute atomic E-state index is 13.0. The predicted molar refractivity (Wildman–Crippen MR) is 132 cm³/mol. The van der Waals surface area contributed by atoms with E-state index in [1.807, 2.05) is 24.3 Å². The lowest BCUT2D eigenvalue weighted by atomic mass is 10.1. The van der Waals surface area contributed by atoms with Crippen LogP contribution in [0.5, 0.6) is 11.5 Å². The van der Waals surface area contributed by atoms with Gasteiger partial charge in [0.2, 0.25) is 0 Å². The highest BCUT2D eigenvalue weighted by atomic mass is 16.5. The average molecular weight is 474 g/mol. The summed E-state index contributed by atoms with van der Waals surface area (Å²) in [5, 5.41) is 16.0. The third-order valence-electron chi connectivity index (χ3n) is 6.50. The van der Waals surface area contributed by atoms with Crippen LogP contribution in [0.2, 0.25) is 0 Å². The number of rotatable bonds is 7. The SMILES string of the molecule is COc1ccc(OC)c(-c2cc(C(=O)NCc3nn(C4CCCC4)c(=O)c4ccccc34)[nH]n2)c1. The molecule has 2 aromatic heterocycles. The van der Waals surface area contributed by atoms with Crippen molar-refractivity contribution >= 4 is 16.7 Å². The number of hydrogen-bond acceptors (Lipinski definition) is 6. The molecule has 5 rings (SSSR count). The Morgan fingerprint density at radius 3 is 2.60 bits per heavy atom. The number of ether oxygens (including phenoxy) is 2. The number of hydrogen-bond donors (Lipinski definition) is 2. The molecule has 2 N–H and O–H groups in total. The lowest BCUT2D eigenvalue weighted by Gasteiger charge is -2.16. The molecule has 4 aromatic rings. The van der Waals surface area contributed by atoms with Gasteiger partial charge in [0.05, 0.1) is 43.6 Å². The number of amides is 1. The van der Waals surface area contributed by atoms with Crippen molar-refractivity contribution in [1.82, 2.24) is 25.3 Å². The maximum Gasteiger partial charge on any atom is 0.274 e. The molecule has 1 saturated carbocycles. The van der Waals surface area contributed by atoms with Crippen molar-refractivity contribution in [3.63, 3.8) is 0 Å². The molecule has 0 bridgehead atoms. The fourth-order valence-corrected chi connectivity index (χ4v) is 4.65. The van der Waals surface area contributed by atoms with Gasteiger partial charge in [0, 0.05) is 10.9 Å². The fraction of sp³-hybridized carbons (Fsp3) is 0.308. The fourth-order valence-electron chi connectivity index (χ4n) is 4.65. The van der Waals surface area contributed by atoms with E-state index < -0.39 is 0 Å². The number of carbonyl (C=O) groups excluding carboxylic acids is 1. The molecule has 2 aromatic carbocycles. The molecule has 35 heavy (non-hydrogen) atoms. The topological polar surface area (TPSA) is 111 Å². The Balaban J connectivity index is 1.40. The van der Waals surface area contributed by atoms with Gasteiger partial charge in [-0.25, -0.2) is 4.68 Å². The number of aromatic nitrogens is 4. The monoisotopic (exact) mass is 473 g/mol. The number of carbonyl (C=O) groups is 1. The van der Waals surface area contributed by atoms with Crippen molar-refractivity contribution in [2.24, 2.45) is 0 Å². The Bertz CT molecular complexity index is 1440. The Morgan fingerprint density at radius 2 is 1.86 bits per heavy atom. The van der Waals surface area contributed by atoms with Crippen LogP contribution < -0.4 is 20.3 Å². The Kier molecular flexibility index (Phi) is 6.22. The van der Waals surface area contributed by atoms with Gasteiger partial charge in [0.25, 0.3) is 11.5 Å². The Morgan fingerprint density at radius 1 is 1.09 bits per heavy atom. The van der Waals surface area contributed by atoms with Crippen molar-refractivity contribution in [1.29, 1.82) is 0 Å². The highest BCUT2D eigenvalue weighted by molar-refractivity contribution is 5.94. The van der Waals surface area contributed by atoms with Crippen LogP contribution in [-0.4, -0.2) is 40.1 Å². The first kappa shape index (κ1) is 22.6. The summed E-state index contributed by atoms with van der Waals surface area (Å²) in [7, 11) is 3.16. The molecule has 0 radical (unpaired) electrons. The molecule has 1 aliphatic rings. The zero-order valence-electron chi connectivity index (χ0n) is 19.7. The van der Waals surface area contributed by atoms with Crippen molar-refractivity contribution in [3.8, 4) is 22.8 Å². The summed E-state index contributed by atoms with van der Waals surface area (Å²) in [5.41, 5.74) is 2.16. The first-order valence-electron chi connectivity index (χ1n) is 11.7. The predicted octanol–water partition coefficient (Wildman–Crippen LogP) is 3.85. The third-order valence-corrected chi connectivity index (χ3v) is 6.50. The van der Waals surface area contributed by atoms with Gasteiger partial charge < -0.3 is 14.8 Å². The second-order valence-corrected chi connectivity index (χ2v) is 8.60. The van der Waals surface area contributed by atoms with Gasteiger partial charge in [-0.2, -0.15) is 10.2 Å². The van der Waals surface area contributed by atoms with E-state index in [1.165, 1.54) is 0 Å². The van der Waals surface area contributed by atoms with E-state index in [-0.39, 0.29) is 24.1 Å². The van der Waals surface area contributed by atoms with E-state index in [1.54, 1.807) is 43.2 Å². The molecule has 0 saturated heterocycles. The summed E-state index contributed by atoms with van der Waals surface area (Å²) in [4.78, 5) is 26.0. The van der Waals surface area contributed by atoms with Gasteiger partial charge in [-0.3, -0.25) is 14.7 Å². The molecule has 9 heteroatoms. The van der Waals surface area contributed by atoms with Gasteiger partial charge in [-0.15, -0.1) is 0 Å². The van der Waals surface area contributed by atoms with Gasteiger partial charge in [0.15, 0.2) is 0 Å². The summed E-state index contributed by atoms with van der Waals surface area (Å²) in [5.74, 6) is 0.953. The Hall–Kier alpha value is -4.14. The van der Waals surface area contributed by atoms with Crippen molar-refractivity contribution in [2.75, 3.05) is 14.2 Å². The second-order valence-electron chi connectivity index (χ2n) is 8.60. The van der Waals surface area contributed by atoms with Crippen LogP contribution in [0.4, 0.5) is 0 Å². The van der Waals surface area contributed by atoms with E-state index in [2.05, 4.69) is 20.6 Å². The average Bonchev–Trinajstić information content (AvgIpc) is 3.61. The molecule has 2 heterocycles. The van der Waals surface area contributed by atoms with Crippen LogP contribution in [0.25, 0.3) is 22.0 Å². The number of fused-ring (bicyclic) bond motifs is 1. The lowest BCUT2D eigenvalue weighted by Crippen LogP contribution is -2.30. The van der Waals surface area contributed by atoms with Crippen molar-refractivity contribution < 1.29 is 14.3 Å². The van der Waals surface area contributed by atoms with E-state index >= 15 is 0 Å². The number of benzene rings is 2. The smallest absolute Gasteiger partial charge is 0.274 e. The molecule has 1 fully saturated rings. The second kappa shape index (κ2) is 9.61. The lowest BCUT2D eigenvalue weighted by molar-refractivity contribution is 0.0945. The van der Waals surface area contributed by atoms with E-state index in [0.29, 0.717) is 39.5 Å². The number of methoxy groups -OCH3 is 2. The van der Waals surface area contributed by atoms with Gasteiger partial charge >= 0.3 is 0 Å². The van der Waals surface area contributed by atoms with Crippen LogP contribution in [0, 0.1) is 0 Å². The highest BCUT2D eigenvalue weighted by Gasteiger charge is 2.22. The summed E-state index contributed by atoms with van der Waals surface area (Å²) >= 11 is 0. The van der Waals surface area contributed by atoms with Crippen LogP contribution in [0.1, 0.15) is 47.9 Å². The highest BCUT2D eigenvalue weighted by Crippen LogP contribution is 2.32. The normalized spacial score (nSPS) is 13.8. The third kappa shape index (κ3) is 4.37. The quantitative estimate of drug-likeness (QED) is 0.422. The number of aromatic amines is 1. The largest absolute Gasteiger partial charge is 0.497 e. The van der Waals surface area contributed by atoms with Gasteiger partial charge in [-0.05, 0) is 43.2 Å². The zero-order valence-corrected chi connectivity index (χ0v) is 19.7. The summed E-state index contributed by atoms with van der Waals surface area (Å²) in [6.07, 6.45) is 4.08. The minimum Gasteiger partial charge on any atom is -0.497 e. The first-order chi connectivity index (χ1) is 17.1. The Labute approximate surface area is 202 Å². The molecule has 0 aliphatic heterocycles.